The maximum atomic E-state index is 12.4. The number of Topliss-reactive ketones (excluding diaryl/α,β-unsaturated/α-hetero) is 1. The molecule has 0 bridgehead atoms. The topological polar surface area (TPSA) is 20.3 Å². The minimum Gasteiger partial charge on any atom is -0.291 e. The number of carbonyl (C=O) groups excluding carboxylic acids is 1. The van der Waals surface area contributed by atoms with Gasteiger partial charge in [0.15, 0.2) is 5.78 Å². The zero-order chi connectivity index (χ0) is 13.3. The van der Waals surface area contributed by atoms with Crippen LogP contribution in [0, 0.1) is 5.92 Å². The number of halogens is 1. The van der Waals surface area contributed by atoms with E-state index in [0.717, 1.165) is 17.3 Å². The van der Waals surface area contributed by atoms with E-state index >= 15 is 0 Å². The molecule has 1 fully saturated rings. The molecular weight excluding hydrogens is 266 g/mol. The smallest absolute Gasteiger partial charge is 0.189 e. The molecule has 0 radical (unpaired) electrons. The number of nitrogens with zero attached hydrogens (tertiary/aromatic N) is 1. The van der Waals surface area contributed by atoms with Gasteiger partial charge in [0.05, 0.1) is 15.3 Å². The van der Waals surface area contributed by atoms with E-state index in [-0.39, 0.29) is 11.8 Å². The summed E-state index contributed by atoms with van der Waals surface area (Å²) in [6.45, 7) is 7.55. The van der Waals surface area contributed by atoms with Gasteiger partial charge in [-0.1, -0.05) is 18.5 Å². The first kappa shape index (κ1) is 14.0. The van der Waals surface area contributed by atoms with Crippen molar-refractivity contribution in [3.05, 3.63) is 21.3 Å². The summed E-state index contributed by atoms with van der Waals surface area (Å²) in [5, 5.41) is 0. The number of thiophene rings is 1. The van der Waals surface area contributed by atoms with Crippen molar-refractivity contribution in [2.75, 3.05) is 6.54 Å². The summed E-state index contributed by atoms with van der Waals surface area (Å²) in [6.07, 6.45) is 2.37. The van der Waals surface area contributed by atoms with Gasteiger partial charge in [-0.2, -0.15) is 0 Å². The quantitative estimate of drug-likeness (QED) is 0.780. The van der Waals surface area contributed by atoms with Gasteiger partial charge < -0.3 is 0 Å². The van der Waals surface area contributed by atoms with E-state index in [9.17, 15) is 4.79 Å². The van der Waals surface area contributed by atoms with Crippen LogP contribution in [0.3, 0.4) is 0 Å². The van der Waals surface area contributed by atoms with Crippen LogP contribution in [0.15, 0.2) is 12.1 Å². The summed E-state index contributed by atoms with van der Waals surface area (Å²) in [4.78, 5) is 15.5. The standard InChI is InChI=1S/C14H20ClNOS/c1-9-6-7-16(10(2)8-9)11(3)14(17)12-4-5-13(15)18-12/h4-5,9-11H,6-8H2,1-3H3. The number of carbonyl (C=O) groups is 1. The lowest BCUT2D eigenvalue weighted by Gasteiger charge is -2.39. The first-order valence-electron chi connectivity index (χ1n) is 6.54. The Hall–Kier alpha value is -0.380. The van der Waals surface area contributed by atoms with E-state index < -0.39 is 0 Å². The molecule has 18 heavy (non-hydrogen) atoms. The van der Waals surface area contributed by atoms with Crippen molar-refractivity contribution >= 4 is 28.7 Å². The third-order valence-corrected chi connectivity index (χ3v) is 5.13. The highest BCUT2D eigenvalue weighted by molar-refractivity contribution is 7.18. The van der Waals surface area contributed by atoms with Crippen molar-refractivity contribution in [2.24, 2.45) is 5.92 Å². The number of hydrogen-bond donors (Lipinski definition) is 0. The first-order valence-corrected chi connectivity index (χ1v) is 7.73. The highest BCUT2D eigenvalue weighted by Crippen LogP contribution is 2.27. The van der Waals surface area contributed by atoms with Crippen molar-refractivity contribution in [3.63, 3.8) is 0 Å². The van der Waals surface area contributed by atoms with Crippen LogP contribution in [0.5, 0.6) is 0 Å². The Morgan fingerprint density at radius 3 is 2.78 bits per heavy atom. The van der Waals surface area contributed by atoms with Gasteiger partial charge in [-0.3, -0.25) is 9.69 Å². The van der Waals surface area contributed by atoms with E-state index in [4.69, 9.17) is 11.6 Å². The number of ketones is 1. The molecule has 2 rings (SSSR count). The molecule has 100 valence electrons. The van der Waals surface area contributed by atoms with Crippen molar-refractivity contribution in [2.45, 2.75) is 45.7 Å². The summed E-state index contributed by atoms with van der Waals surface area (Å²) in [5.41, 5.74) is 0. The monoisotopic (exact) mass is 285 g/mol. The lowest BCUT2D eigenvalue weighted by atomic mass is 9.91. The fourth-order valence-corrected chi connectivity index (χ4v) is 3.87. The first-order chi connectivity index (χ1) is 8.49. The molecule has 0 amide bonds. The van der Waals surface area contributed by atoms with E-state index in [1.807, 2.05) is 13.0 Å². The molecule has 3 unspecified atom stereocenters. The third-order valence-electron chi connectivity index (χ3n) is 3.88. The number of piperidine rings is 1. The second-order valence-electron chi connectivity index (χ2n) is 5.36. The van der Waals surface area contributed by atoms with E-state index in [0.29, 0.717) is 10.4 Å². The number of rotatable bonds is 3. The Labute approximate surface area is 118 Å². The molecule has 3 atom stereocenters. The maximum absolute atomic E-state index is 12.4. The minimum atomic E-state index is -0.0396. The SMILES string of the molecule is CC1CCN(C(C)C(=O)c2ccc(Cl)s2)C(C)C1. The molecular formula is C14H20ClNOS. The molecule has 0 saturated carbocycles. The van der Waals surface area contributed by atoms with E-state index in [2.05, 4.69) is 18.7 Å². The molecule has 1 saturated heterocycles. The van der Waals surface area contributed by atoms with Crippen molar-refractivity contribution in [3.8, 4) is 0 Å². The van der Waals surface area contributed by atoms with Crippen LogP contribution >= 0.6 is 22.9 Å². The molecule has 4 heteroatoms. The molecule has 0 spiro atoms. The Morgan fingerprint density at radius 1 is 1.50 bits per heavy atom. The normalized spacial score (nSPS) is 27.1. The van der Waals surface area contributed by atoms with Crippen LogP contribution in [0.4, 0.5) is 0 Å². The lowest BCUT2D eigenvalue weighted by molar-refractivity contribution is 0.0631. The molecule has 2 nitrogen and oxygen atoms in total. The van der Waals surface area contributed by atoms with Crippen molar-refractivity contribution < 1.29 is 4.79 Å². The molecule has 1 aliphatic heterocycles. The van der Waals surface area contributed by atoms with Crippen molar-refractivity contribution in [1.29, 1.82) is 0 Å². The Kier molecular flexibility index (Phi) is 4.46. The zero-order valence-corrected chi connectivity index (χ0v) is 12.7. The van der Waals surface area contributed by atoms with Gasteiger partial charge in [0.25, 0.3) is 0 Å². The van der Waals surface area contributed by atoms with Crippen LogP contribution in [-0.4, -0.2) is 29.3 Å². The molecule has 1 aromatic heterocycles. The zero-order valence-electron chi connectivity index (χ0n) is 11.1. The minimum absolute atomic E-state index is 0.0396. The van der Waals surface area contributed by atoms with Gasteiger partial charge in [0.1, 0.15) is 0 Å². The summed E-state index contributed by atoms with van der Waals surface area (Å²) < 4.78 is 0.686. The van der Waals surface area contributed by atoms with Gasteiger partial charge in [-0.05, 0) is 51.3 Å². The highest BCUT2D eigenvalue weighted by atomic mass is 35.5. The van der Waals surface area contributed by atoms with E-state index in [1.54, 1.807) is 6.07 Å². The summed E-state index contributed by atoms with van der Waals surface area (Å²) in [5.74, 6) is 0.975. The van der Waals surface area contributed by atoms with Gasteiger partial charge in [-0.25, -0.2) is 0 Å². The van der Waals surface area contributed by atoms with Gasteiger partial charge in [0.2, 0.25) is 0 Å². The average molecular weight is 286 g/mol. The lowest BCUT2D eigenvalue weighted by Crippen LogP contribution is -2.48. The van der Waals surface area contributed by atoms with Crippen LogP contribution in [-0.2, 0) is 0 Å². The summed E-state index contributed by atoms with van der Waals surface area (Å²) in [7, 11) is 0. The predicted octanol–water partition coefficient (Wildman–Crippen LogP) is 4.09. The van der Waals surface area contributed by atoms with Crippen LogP contribution in [0.1, 0.15) is 43.3 Å². The van der Waals surface area contributed by atoms with Crippen molar-refractivity contribution in [1.82, 2.24) is 4.90 Å². The fraction of sp³-hybridized carbons (Fsp3) is 0.643. The second kappa shape index (κ2) is 5.72. The molecule has 0 aromatic carbocycles. The second-order valence-corrected chi connectivity index (χ2v) is 7.08. The number of hydrogen-bond acceptors (Lipinski definition) is 3. The Balaban J connectivity index is 2.07. The maximum Gasteiger partial charge on any atom is 0.189 e. The molecule has 1 aromatic rings. The molecule has 0 aliphatic carbocycles. The largest absolute Gasteiger partial charge is 0.291 e. The molecule has 2 heterocycles. The van der Waals surface area contributed by atoms with Gasteiger partial charge in [-0.15, -0.1) is 11.3 Å². The molecule has 0 N–H and O–H groups in total. The van der Waals surface area contributed by atoms with Gasteiger partial charge >= 0.3 is 0 Å². The Bertz CT molecular complexity index is 431. The van der Waals surface area contributed by atoms with Crippen LogP contribution in [0.2, 0.25) is 4.34 Å². The van der Waals surface area contributed by atoms with Gasteiger partial charge in [0, 0.05) is 6.04 Å². The Morgan fingerprint density at radius 2 is 2.22 bits per heavy atom. The summed E-state index contributed by atoms with van der Waals surface area (Å²) >= 11 is 7.27. The van der Waals surface area contributed by atoms with Crippen LogP contribution < -0.4 is 0 Å². The fourth-order valence-electron chi connectivity index (χ4n) is 2.80. The van der Waals surface area contributed by atoms with E-state index in [1.165, 1.54) is 24.2 Å². The third kappa shape index (κ3) is 2.95. The number of likely N-dealkylation sites (tertiary alicyclic amines) is 1. The average Bonchev–Trinajstić information content (AvgIpc) is 2.74. The molecule has 1 aliphatic rings. The summed E-state index contributed by atoms with van der Waals surface area (Å²) in [6, 6.07) is 4.09. The predicted molar refractivity (Wildman–Crippen MR) is 77.7 cm³/mol. The van der Waals surface area contributed by atoms with Crippen LogP contribution in [0.25, 0.3) is 0 Å². The highest BCUT2D eigenvalue weighted by Gasteiger charge is 2.30.